The third-order valence-corrected chi connectivity index (χ3v) is 6.30. The number of hydrogen-bond acceptors (Lipinski definition) is 5. The average molecular weight is 282 g/mol. The number of carboxylic acid groups (broad SMARTS) is 2. The van der Waals surface area contributed by atoms with Crippen molar-refractivity contribution < 1.29 is 19.8 Å². The van der Waals surface area contributed by atoms with E-state index in [9.17, 15) is 9.59 Å². The molecule has 0 amide bonds. The molecule has 0 unspecified atom stereocenters. The second-order valence-corrected chi connectivity index (χ2v) is 7.63. The van der Waals surface area contributed by atoms with Gasteiger partial charge in [-0.25, -0.2) is 0 Å². The van der Waals surface area contributed by atoms with Crippen molar-refractivity contribution in [2.75, 3.05) is 0 Å². The first kappa shape index (κ1) is 15.7. The van der Waals surface area contributed by atoms with Crippen molar-refractivity contribution in [1.29, 1.82) is 0 Å². The lowest BCUT2D eigenvalue weighted by atomic mass is 9.97. The van der Waals surface area contributed by atoms with E-state index in [-0.39, 0.29) is 4.20 Å². The van der Waals surface area contributed by atoms with Crippen molar-refractivity contribution in [1.82, 2.24) is 0 Å². The summed E-state index contributed by atoms with van der Waals surface area (Å²) in [4.78, 5) is 21.7. The van der Waals surface area contributed by atoms with Gasteiger partial charge >= 0.3 is 11.9 Å². The molecule has 0 bridgehead atoms. The van der Waals surface area contributed by atoms with Gasteiger partial charge in [-0.3, -0.25) is 9.59 Å². The molecule has 0 atom stereocenters. The van der Waals surface area contributed by atoms with E-state index in [0.717, 1.165) is 21.6 Å². The molecule has 0 saturated carbocycles. The normalized spacial score (nSPS) is 12.2. The quantitative estimate of drug-likeness (QED) is 0.593. The van der Waals surface area contributed by atoms with E-state index in [0.29, 0.717) is 0 Å². The Labute approximate surface area is 108 Å². The first-order valence-electron chi connectivity index (χ1n) is 4.38. The summed E-state index contributed by atoms with van der Waals surface area (Å²) < 4.78 is -0.733. The summed E-state index contributed by atoms with van der Waals surface area (Å²) in [5, 5.41) is 17.8. The molecule has 0 fully saturated rings. The van der Waals surface area contributed by atoms with Crippen LogP contribution in [0.15, 0.2) is 0 Å². The highest BCUT2D eigenvalue weighted by atomic mass is 33.1. The molecule has 0 rings (SSSR count). The molecule has 0 radical (unpaired) electrons. The fourth-order valence-electron chi connectivity index (χ4n) is 0.369. The first-order chi connectivity index (χ1) is 7.01. The molecule has 2 N–H and O–H groups in total. The van der Waals surface area contributed by atoms with Crippen LogP contribution in [0.25, 0.3) is 0 Å². The minimum absolute atomic E-state index is 0.263. The third-order valence-electron chi connectivity index (χ3n) is 1.89. The zero-order valence-electron chi connectivity index (χ0n) is 9.44. The summed E-state index contributed by atoms with van der Waals surface area (Å²) in [5.41, 5.74) is -1.14. The fourth-order valence-corrected chi connectivity index (χ4v) is 3.10. The molecule has 0 aromatic rings. The molecule has 4 nitrogen and oxygen atoms in total. The molecule has 7 heteroatoms. The van der Waals surface area contributed by atoms with E-state index >= 15 is 0 Å². The van der Waals surface area contributed by atoms with E-state index in [4.69, 9.17) is 22.4 Å². The van der Waals surface area contributed by atoms with E-state index in [1.54, 1.807) is 13.8 Å². The summed E-state index contributed by atoms with van der Waals surface area (Å²) >= 11 is 4.99. The standard InChI is InChI=1S/C9H14O4S3/c1-8(2,5(10)11)7(14)15-16-9(3,4)6(12)13/h1-4H3,(H,10,11)(H,12,13). The summed E-state index contributed by atoms with van der Waals surface area (Å²) in [6.45, 7) is 6.09. The minimum atomic E-state index is -1.14. The molecule has 16 heavy (non-hydrogen) atoms. The van der Waals surface area contributed by atoms with Gasteiger partial charge in [-0.15, -0.1) is 0 Å². The van der Waals surface area contributed by atoms with Gasteiger partial charge in [0, 0.05) is 0 Å². The lowest BCUT2D eigenvalue weighted by Crippen LogP contribution is -2.31. The SMILES string of the molecule is CC(C)(SSC(=S)C(C)(C)C(=O)O)C(=O)O. The first-order valence-corrected chi connectivity index (χ1v) is 6.94. The second kappa shape index (κ2) is 5.37. The van der Waals surface area contributed by atoms with E-state index in [2.05, 4.69) is 0 Å². The largest absolute Gasteiger partial charge is 0.481 e. The molecule has 0 spiro atoms. The number of carboxylic acids is 2. The van der Waals surface area contributed by atoms with Gasteiger partial charge in [0.2, 0.25) is 0 Å². The van der Waals surface area contributed by atoms with Gasteiger partial charge < -0.3 is 10.2 Å². The zero-order chi connectivity index (χ0) is 13.1. The van der Waals surface area contributed by atoms with Gasteiger partial charge in [-0.2, -0.15) is 0 Å². The molecule has 92 valence electrons. The van der Waals surface area contributed by atoms with Crippen LogP contribution in [0.3, 0.4) is 0 Å². The molecule has 0 aliphatic rings. The average Bonchev–Trinajstić information content (AvgIpc) is 2.13. The molecule has 0 saturated heterocycles. The van der Waals surface area contributed by atoms with Crippen LogP contribution in [0.2, 0.25) is 0 Å². The Morgan fingerprint density at radius 1 is 1.06 bits per heavy atom. The van der Waals surface area contributed by atoms with Crippen LogP contribution in [0.5, 0.6) is 0 Å². The van der Waals surface area contributed by atoms with Crippen LogP contribution in [-0.2, 0) is 9.59 Å². The topological polar surface area (TPSA) is 74.6 Å². The van der Waals surface area contributed by atoms with Crippen molar-refractivity contribution in [2.45, 2.75) is 32.4 Å². The molecule has 0 aromatic heterocycles. The maximum Gasteiger partial charge on any atom is 0.320 e. The lowest BCUT2D eigenvalue weighted by molar-refractivity contribution is -0.143. The van der Waals surface area contributed by atoms with Crippen LogP contribution in [0, 0.1) is 5.41 Å². The van der Waals surface area contributed by atoms with E-state index in [1.807, 2.05) is 0 Å². The zero-order valence-corrected chi connectivity index (χ0v) is 11.9. The van der Waals surface area contributed by atoms with E-state index in [1.165, 1.54) is 13.8 Å². The van der Waals surface area contributed by atoms with Crippen LogP contribution in [-0.4, -0.2) is 31.1 Å². The number of carbonyl (C=O) groups is 2. The Morgan fingerprint density at radius 3 is 1.81 bits per heavy atom. The summed E-state index contributed by atoms with van der Waals surface area (Å²) in [6, 6.07) is 0. The summed E-state index contributed by atoms with van der Waals surface area (Å²) in [5.74, 6) is -1.97. The Balaban J connectivity index is 4.51. The highest BCUT2D eigenvalue weighted by Crippen LogP contribution is 2.41. The van der Waals surface area contributed by atoms with E-state index < -0.39 is 22.1 Å². The number of thiocarbonyl (C=S) groups is 1. The summed E-state index contributed by atoms with van der Waals surface area (Å²) in [6.07, 6.45) is 0. The maximum atomic E-state index is 10.9. The lowest BCUT2D eigenvalue weighted by Gasteiger charge is -2.22. The molecular formula is C9H14O4S3. The monoisotopic (exact) mass is 282 g/mol. The van der Waals surface area contributed by atoms with Gasteiger partial charge in [0.05, 0.1) is 4.20 Å². The summed E-state index contributed by atoms with van der Waals surface area (Å²) in [7, 11) is 2.09. The van der Waals surface area contributed by atoms with Crippen molar-refractivity contribution in [3.63, 3.8) is 0 Å². The van der Waals surface area contributed by atoms with Crippen LogP contribution < -0.4 is 0 Å². The molecule has 0 aliphatic heterocycles. The van der Waals surface area contributed by atoms with Crippen LogP contribution in [0.1, 0.15) is 27.7 Å². The highest BCUT2D eigenvalue weighted by molar-refractivity contribution is 8.84. The van der Waals surface area contributed by atoms with Crippen LogP contribution >= 0.6 is 33.8 Å². The minimum Gasteiger partial charge on any atom is -0.481 e. The smallest absolute Gasteiger partial charge is 0.320 e. The van der Waals surface area contributed by atoms with Crippen molar-refractivity contribution in [3.8, 4) is 0 Å². The number of aliphatic carboxylic acids is 2. The maximum absolute atomic E-state index is 10.9. The van der Waals surface area contributed by atoms with Gasteiger partial charge in [0.15, 0.2) is 0 Å². The van der Waals surface area contributed by atoms with Crippen molar-refractivity contribution >= 4 is 49.9 Å². The van der Waals surface area contributed by atoms with Gasteiger partial charge in [-0.05, 0) is 38.5 Å². The second-order valence-electron chi connectivity index (χ2n) is 4.20. The predicted octanol–water partition coefficient (Wildman–Crippen LogP) is 2.67. The van der Waals surface area contributed by atoms with Crippen molar-refractivity contribution in [3.05, 3.63) is 0 Å². The van der Waals surface area contributed by atoms with Crippen LogP contribution in [0.4, 0.5) is 0 Å². The molecule has 0 heterocycles. The molecular weight excluding hydrogens is 268 g/mol. The fraction of sp³-hybridized carbons (Fsp3) is 0.667. The third kappa shape index (κ3) is 3.95. The van der Waals surface area contributed by atoms with Gasteiger partial charge in [-0.1, -0.05) is 23.0 Å². The van der Waals surface area contributed by atoms with Gasteiger partial charge in [0.25, 0.3) is 0 Å². The Bertz CT molecular complexity index is 323. The number of rotatable bonds is 5. The van der Waals surface area contributed by atoms with Gasteiger partial charge in [0.1, 0.15) is 10.2 Å². The highest BCUT2D eigenvalue weighted by Gasteiger charge is 2.36. The Hall–Kier alpha value is -0.270. The Morgan fingerprint density at radius 2 is 1.50 bits per heavy atom. The van der Waals surface area contributed by atoms with Crippen molar-refractivity contribution in [2.24, 2.45) is 5.41 Å². The Kier molecular flexibility index (Phi) is 5.28. The molecule has 0 aromatic carbocycles. The molecule has 0 aliphatic carbocycles. The predicted molar refractivity (Wildman–Crippen MR) is 70.9 cm³/mol. The number of hydrogen-bond donors (Lipinski definition) is 2.